The SMILES string of the molecule is CC(C)[C@H](C)NC(=O)C1CCN(C(=O)[C@H]2CC(=O)N(c3ccccc3F)C2)CC1. The third-order valence-corrected chi connectivity index (χ3v) is 6.16. The van der Waals surface area contributed by atoms with E-state index in [1.807, 2.05) is 6.92 Å². The Kier molecular flexibility index (Phi) is 6.55. The molecule has 0 aliphatic carbocycles. The predicted molar refractivity (Wildman–Crippen MR) is 109 cm³/mol. The van der Waals surface area contributed by atoms with Gasteiger partial charge in [-0.15, -0.1) is 0 Å². The van der Waals surface area contributed by atoms with Crippen molar-refractivity contribution in [3.05, 3.63) is 30.1 Å². The third kappa shape index (κ3) is 4.77. The zero-order valence-electron chi connectivity index (χ0n) is 17.4. The van der Waals surface area contributed by atoms with Crippen molar-refractivity contribution in [2.45, 2.75) is 46.1 Å². The highest BCUT2D eigenvalue weighted by Gasteiger charge is 2.39. The Bertz CT molecular complexity index is 774. The van der Waals surface area contributed by atoms with Gasteiger partial charge < -0.3 is 15.1 Å². The van der Waals surface area contributed by atoms with Gasteiger partial charge in [-0.1, -0.05) is 26.0 Å². The number of piperidine rings is 1. The van der Waals surface area contributed by atoms with Crippen molar-refractivity contribution in [3.8, 4) is 0 Å². The molecule has 2 fully saturated rings. The summed E-state index contributed by atoms with van der Waals surface area (Å²) in [5, 5.41) is 3.05. The van der Waals surface area contributed by atoms with Crippen LogP contribution >= 0.6 is 0 Å². The highest BCUT2D eigenvalue weighted by Crippen LogP contribution is 2.29. The largest absolute Gasteiger partial charge is 0.353 e. The first-order chi connectivity index (χ1) is 13.8. The molecule has 0 saturated carbocycles. The fourth-order valence-electron chi connectivity index (χ4n) is 3.91. The number of rotatable bonds is 5. The highest BCUT2D eigenvalue weighted by molar-refractivity contribution is 6.00. The first-order valence-electron chi connectivity index (χ1n) is 10.4. The lowest BCUT2D eigenvalue weighted by atomic mass is 9.93. The summed E-state index contributed by atoms with van der Waals surface area (Å²) < 4.78 is 14.0. The van der Waals surface area contributed by atoms with Crippen LogP contribution in [0.2, 0.25) is 0 Å². The van der Waals surface area contributed by atoms with Crippen molar-refractivity contribution in [3.63, 3.8) is 0 Å². The average molecular weight is 403 g/mol. The van der Waals surface area contributed by atoms with E-state index in [4.69, 9.17) is 0 Å². The molecule has 158 valence electrons. The molecule has 0 unspecified atom stereocenters. The minimum absolute atomic E-state index is 0.0556. The second-order valence-electron chi connectivity index (χ2n) is 8.50. The molecule has 2 aliphatic heterocycles. The van der Waals surface area contributed by atoms with Gasteiger partial charge in [-0.25, -0.2) is 4.39 Å². The molecular formula is C22H30FN3O3. The molecule has 0 radical (unpaired) electrons. The van der Waals surface area contributed by atoms with Gasteiger partial charge >= 0.3 is 0 Å². The summed E-state index contributed by atoms with van der Waals surface area (Å²) in [6, 6.07) is 6.24. The Morgan fingerprint density at radius 3 is 2.38 bits per heavy atom. The van der Waals surface area contributed by atoms with Crippen LogP contribution in [0.5, 0.6) is 0 Å². The Hall–Kier alpha value is -2.44. The van der Waals surface area contributed by atoms with Crippen LogP contribution in [0.25, 0.3) is 0 Å². The fraction of sp³-hybridized carbons (Fsp3) is 0.591. The molecular weight excluding hydrogens is 373 g/mol. The number of hydrogen-bond donors (Lipinski definition) is 1. The molecule has 2 saturated heterocycles. The quantitative estimate of drug-likeness (QED) is 0.822. The first kappa shape index (κ1) is 21.3. The molecule has 6 nitrogen and oxygen atoms in total. The van der Waals surface area contributed by atoms with Crippen LogP contribution in [0.3, 0.4) is 0 Å². The van der Waals surface area contributed by atoms with Crippen molar-refractivity contribution in [1.29, 1.82) is 0 Å². The second kappa shape index (κ2) is 8.93. The topological polar surface area (TPSA) is 69.7 Å². The zero-order chi connectivity index (χ0) is 21.1. The number of carbonyl (C=O) groups excluding carboxylic acids is 3. The summed E-state index contributed by atoms with van der Waals surface area (Å²) in [6.45, 7) is 7.36. The smallest absolute Gasteiger partial charge is 0.228 e. The number of para-hydroxylation sites is 1. The number of anilines is 1. The number of nitrogens with zero attached hydrogens (tertiary/aromatic N) is 2. The van der Waals surface area contributed by atoms with Gasteiger partial charge in [0.2, 0.25) is 17.7 Å². The van der Waals surface area contributed by atoms with Crippen LogP contribution in [-0.2, 0) is 14.4 Å². The van der Waals surface area contributed by atoms with Gasteiger partial charge in [0.05, 0.1) is 11.6 Å². The maximum Gasteiger partial charge on any atom is 0.228 e. The highest BCUT2D eigenvalue weighted by atomic mass is 19.1. The van der Waals surface area contributed by atoms with Crippen LogP contribution in [-0.4, -0.2) is 48.3 Å². The maximum atomic E-state index is 14.0. The van der Waals surface area contributed by atoms with E-state index >= 15 is 0 Å². The van der Waals surface area contributed by atoms with E-state index in [9.17, 15) is 18.8 Å². The maximum absolute atomic E-state index is 14.0. The molecule has 2 heterocycles. The lowest BCUT2D eigenvalue weighted by Gasteiger charge is -2.33. The summed E-state index contributed by atoms with van der Waals surface area (Å²) in [4.78, 5) is 40.8. The van der Waals surface area contributed by atoms with Gasteiger partial charge in [0.25, 0.3) is 0 Å². The summed E-state index contributed by atoms with van der Waals surface area (Å²) in [5.41, 5.74) is 0.224. The zero-order valence-corrected chi connectivity index (χ0v) is 17.4. The molecule has 0 spiro atoms. The number of likely N-dealkylation sites (tertiary alicyclic amines) is 1. The van der Waals surface area contributed by atoms with Gasteiger partial charge in [0, 0.05) is 38.0 Å². The monoisotopic (exact) mass is 403 g/mol. The third-order valence-electron chi connectivity index (χ3n) is 6.16. The van der Waals surface area contributed by atoms with E-state index in [1.165, 1.54) is 11.0 Å². The molecule has 2 atom stereocenters. The number of amides is 3. The number of benzene rings is 1. The molecule has 29 heavy (non-hydrogen) atoms. The summed E-state index contributed by atoms with van der Waals surface area (Å²) >= 11 is 0. The van der Waals surface area contributed by atoms with Gasteiger partial charge in [-0.05, 0) is 37.8 Å². The van der Waals surface area contributed by atoms with Crippen LogP contribution in [0.4, 0.5) is 10.1 Å². The van der Waals surface area contributed by atoms with Gasteiger partial charge in [0.15, 0.2) is 0 Å². The minimum Gasteiger partial charge on any atom is -0.353 e. The fourth-order valence-corrected chi connectivity index (χ4v) is 3.91. The number of nitrogens with one attached hydrogen (secondary N) is 1. The van der Waals surface area contributed by atoms with E-state index in [1.54, 1.807) is 23.1 Å². The first-order valence-corrected chi connectivity index (χ1v) is 10.4. The van der Waals surface area contributed by atoms with E-state index in [-0.39, 0.29) is 48.3 Å². The average Bonchev–Trinajstić information content (AvgIpc) is 3.09. The Morgan fingerprint density at radius 1 is 1.10 bits per heavy atom. The van der Waals surface area contributed by atoms with Gasteiger partial charge in [-0.3, -0.25) is 14.4 Å². The summed E-state index contributed by atoms with van der Waals surface area (Å²) in [5.74, 6) is -0.889. The molecule has 7 heteroatoms. The van der Waals surface area contributed by atoms with Gasteiger partial charge in [0.1, 0.15) is 5.82 Å². The Morgan fingerprint density at radius 2 is 1.76 bits per heavy atom. The molecule has 0 aromatic heterocycles. The van der Waals surface area contributed by atoms with Crippen LogP contribution in [0.15, 0.2) is 24.3 Å². The van der Waals surface area contributed by atoms with Crippen molar-refractivity contribution >= 4 is 23.4 Å². The number of carbonyl (C=O) groups is 3. The molecule has 3 amide bonds. The standard InChI is InChI=1S/C22H30FN3O3/c1-14(2)15(3)24-21(28)16-8-10-25(11-9-16)22(29)17-12-20(27)26(13-17)19-7-5-4-6-18(19)23/h4-7,14-17H,8-13H2,1-3H3,(H,24,28)/t15-,17-/m0/s1. The summed E-state index contributed by atoms with van der Waals surface area (Å²) in [6.07, 6.45) is 1.35. The second-order valence-corrected chi connectivity index (χ2v) is 8.50. The molecule has 2 aliphatic rings. The lowest BCUT2D eigenvalue weighted by Crippen LogP contribution is -2.47. The van der Waals surface area contributed by atoms with E-state index in [0.717, 1.165) is 0 Å². The molecule has 1 aromatic rings. The van der Waals surface area contributed by atoms with E-state index < -0.39 is 11.7 Å². The van der Waals surface area contributed by atoms with Crippen LogP contribution < -0.4 is 10.2 Å². The van der Waals surface area contributed by atoms with Crippen LogP contribution in [0, 0.1) is 23.6 Å². The van der Waals surface area contributed by atoms with Crippen molar-refractivity contribution < 1.29 is 18.8 Å². The molecule has 0 bridgehead atoms. The molecule has 1 aromatic carbocycles. The van der Waals surface area contributed by atoms with Crippen LogP contribution in [0.1, 0.15) is 40.0 Å². The van der Waals surface area contributed by atoms with E-state index in [0.29, 0.717) is 31.8 Å². The van der Waals surface area contributed by atoms with Crippen molar-refractivity contribution in [1.82, 2.24) is 10.2 Å². The number of halogens is 1. The molecule has 1 N–H and O–H groups in total. The van der Waals surface area contributed by atoms with Crippen molar-refractivity contribution in [2.24, 2.45) is 17.8 Å². The number of hydrogen-bond acceptors (Lipinski definition) is 3. The summed E-state index contributed by atoms with van der Waals surface area (Å²) in [7, 11) is 0. The van der Waals surface area contributed by atoms with E-state index in [2.05, 4.69) is 19.2 Å². The minimum atomic E-state index is -0.464. The Labute approximate surface area is 171 Å². The normalized spacial score (nSPS) is 21.6. The Balaban J connectivity index is 1.54. The lowest BCUT2D eigenvalue weighted by molar-refractivity contribution is -0.139. The van der Waals surface area contributed by atoms with Crippen molar-refractivity contribution in [2.75, 3.05) is 24.5 Å². The molecule has 3 rings (SSSR count). The predicted octanol–water partition coefficient (Wildman–Crippen LogP) is 2.58. The van der Waals surface area contributed by atoms with Gasteiger partial charge in [-0.2, -0.15) is 0 Å².